The molecule has 1 aliphatic rings. The molecule has 0 radical (unpaired) electrons. The highest BCUT2D eigenvalue weighted by molar-refractivity contribution is 7.91. The van der Waals surface area contributed by atoms with E-state index in [2.05, 4.69) is 10.3 Å². The fourth-order valence-corrected chi connectivity index (χ4v) is 7.06. The maximum atomic E-state index is 12.8. The molecule has 2 aromatic heterocycles. The molecule has 1 aliphatic heterocycles. The first-order chi connectivity index (χ1) is 14.4. The van der Waals surface area contributed by atoms with Gasteiger partial charge in [0, 0.05) is 34.6 Å². The van der Waals surface area contributed by atoms with Gasteiger partial charge in [-0.1, -0.05) is 18.6 Å². The van der Waals surface area contributed by atoms with Crippen LogP contribution in [0.4, 0.5) is 5.69 Å². The normalized spacial score (nSPS) is 15.2. The summed E-state index contributed by atoms with van der Waals surface area (Å²) in [5, 5.41) is 5.90. The van der Waals surface area contributed by atoms with Crippen LogP contribution in [0.3, 0.4) is 0 Å². The maximum Gasteiger partial charge on any atom is 0.252 e. The fourth-order valence-electron chi connectivity index (χ4n) is 3.41. The molecular weight excluding hydrogens is 438 g/mol. The summed E-state index contributed by atoms with van der Waals surface area (Å²) in [6.07, 6.45) is 3.03. The van der Waals surface area contributed by atoms with E-state index in [0.29, 0.717) is 23.0 Å². The molecule has 0 bridgehead atoms. The van der Waals surface area contributed by atoms with Crippen LogP contribution in [0.2, 0.25) is 0 Å². The summed E-state index contributed by atoms with van der Waals surface area (Å²) in [7, 11) is -3.45. The highest BCUT2D eigenvalue weighted by Crippen LogP contribution is 2.28. The number of carbonyl (C=O) groups is 1. The Morgan fingerprint density at radius 2 is 1.83 bits per heavy atom. The van der Waals surface area contributed by atoms with Gasteiger partial charge in [-0.05, 0) is 44.0 Å². The van der Waals surface area contributed by atoms with Gasteiger partial charge in [-0.3, -0.25) is 4.79 Å². The highest BCUT2D eigenvalue weighted by Gasteiger charge is 2.27. The van der Waals surface area contributed by atoms with Crippen molar-refractivity contribution >= 4 is 44.3 Å². The quantitative estimate of drug-likeness (QED) is 0.585. The molecule has 3 aromatic rings. The molecule has 0 spiro atoms. The number of aryl methyl sites for hydroxylation is 1. The largest absolute Gasteiger partial charge is 0.326 e. The Hall–Kier alpha value is -2.07. The monoisotopic (exact) mass is 461 g/mol. The number of sulfonamides is 1. The number of thiophene rings is 1. The van der Waals surface area contributed by atoms with Crippen molar-refractivity contribution in [3.8, 4) is 11.3 Å². The van der Waals surface area contributed by atoms with Gasteiger partial charge in [0.1, 0.15) is 4.21 Å². The van der Waals surface area contributed by atoms with Crippen LogP contribution in [0, 0.1) is 6.92 Å². The lowest BCUT2D eigenvalue weighted by Gasteiger charge is -2.25. The maximum absolute atomic E-state index is 12.8. The summed E-state index contributed by atoms with van der Waals surface area (Å²) in [6.45, 7) is 3.12. The zero-order valence-corrected chi connectivity index (χ0v) is 19.1. The van der Waals surface area contributed by atoms with Crippen LogP contribution in [0.1, 0.15) is 29.1 Å². The van der Waals surface area contributed by atoms with Crippen molar-refractivity contribution in [3.05, 3.63) is 51.7 Å². The topological polar surface area (TPSA) is 79.4 Å². The summed E-state index contributed by atoms with van der Waals surface area (Å²) in [4.78, 5) is 17.6. The van der Waals surface area contributed by atoms with E-state index in [1.807, 2.05) is 36.6 Å². The van der Waals surface area contributed by atoms with Crippen molar-refractivity contribution in [2.75, 3.05) is 18.4 Å². The summed E-state index contributed by atoms with van der Waals surface area (Å²) >= 11 is 2.78. The minimum atomic E-state index is -3.45. The first-order valence-electron chi connectivity index (χ1n) is 9.83. The van der Waals surface area contributed by atoms with E-state index < -0.39 is 10.0 Å². The van der Waals surface area contributed by atoms with Gasteiger partial charge in [-0.25, -0.2) is 13.4 Å². The summed E-state index contributed by atoms with van der Waals surface area (Å²) in [6, 6.07) is 10.9. The molecule has 4 rings (SSSR count). The molecule has 0 saturated carbocycles. The molecule has 1 aromatic carbocycles. The number of carbonyl (C=O) groups excluding carboxylic acids is 1. The molecule has 0 aliphatic carbocycles. The van der Waals surface area contributed by atoms with Crippen LogP contribution < -0.4 is 5.32 Å². The van der Waals surface area contributed by atoms with Crippen LogP contribution >= 0.6 is 22.7 Å². The summed E-state index contributed by atoms with van der Waals surface area (Å²) < 4.78 is 27.4. The summed E-state index contributed by atoms with van der Waals surface area (Å²) in [5.74, 6) is -0.170. The van der Waals surface area contributed by atoms with Gasteiger partial charge in [-0.15, -0.1) is 22.7 Å². The van der Waals surface area contributed by atoms with Crippen molar-refractivity contribution < 1.29 is 13.2 Å². The van der Waals surface area contributed by atoms with Crippen molar-refractivity contribution in [1.82, 2.24) is 9.29 Å². The molecule has 3 heterocycles. The zero-order chi connectivity index (χ0) is 21.1. The van der Waals surface area contributed by atoms with E-state index in [1.54, 1.807) is 27.8 Å². The number of nitrogens with one attached hydrogen (secondary N) is 1. The number of benzene rings is 1. The van der Waals surface area contributed by atoms with Gasteiger partial charge in [0.05, 0.1) is 17.1 Å². The number of hydrogen-bond acceptors (Lipinski definition) is 6. The highest BCUT2D eigenvalue weighted by atomic mass is 32.2. The number of rotatable bonds is 6. The lowest BCUT2D eigenvalue weighted by Crippen LogP contribution is -2.35. The van der Waals surface area contributed by atoms with Gasteiger partial charge in [0.2, 0.25) is 5.91 Å². The molecule has 0 atom stereocenters. The molecule has 1 saturated heterocycles. The Kier molecular flexibility index (Phi) is 6.33. The molecular formula is C21H23N3O3S3. The first-order valence-corrected chi connectivity index (χ1v) is 13.0. The zero-order valence-electron chi connectivity index (χ0n) is 16.6. The minimum absolute atomic E-state index is 0.146. The predicted octanol–water partition coefficient (Wildman–Crippen LogP) is 4.54. The Morgan fingerprint density at radius 3 is 2.50 bits per heavy atom. The minimum Gasteiger partial charge on any atom is -0.326 e. The second-order valence-electron chi connectivity index (χ2n) is 7.24. The number of amides is 1. The molecule has 30 heavy (non-hydrogen) atoms. The molecule has 6 nitrogen and oxygen atoms in total. The standard InChI is InChI=1S/C21H23N3O3S3/c1-15-22-19(14-28-15)16-5-7-17(8-6-16)23-20(25)13-18-9-10-21(29-18)30(26,27)24-11-3-2-4-12-24/h5-10,14H,2-4,11-13H2,1H3,(H,23,25). The van der Waals surface area contributed by atoms with Gasteiger partial charge < -0.3 is 5.32 Å². The third-order valence-electron chi connectivity index (χ3n) is 4.96. The van der Waals surface area contributed by atoms with Crippen molar-refractivity contribution in [2.24, 2.45) is 0 Å². The predicted molar refractivity (Wildman–Crippen MR) is 122 cm³/mol. The molecule has 158 valence electrons. The second kappa shape index (κ2) is 8.97. The van der Waals surface area contributed by atoms with Gasteiger partial charge in [0.25, 0.3) is 10.0 Å². The van der Waals surface area contributed by atoms with Gasteiger partial charge in [-0.2, -0.15) is 4.31 Å². The van der Waals surface area contributed by atoms with E-state index in [9.17, 15) is 13.2 Å². The van der Waals surface area contributed by atoms with Crippen molar-refractivity contribution in [1.29, 1.82) is 0 Å². The second-order valence-corrected chi connectivity index (χ2v) is 11.6. The third-order valence-corrected chi connectivity index (χ3v) is 9.19. The third kappa shape index (κ3) is 4.80. The number of anilines is 1. The van der Waals surface area contributed by atoms with E-state index in [4.69, 9.17) is 0 Å². The average Bonchev–Trinajstić information content (AvgIpc) is 3.39. The van der Waals surface area contributed by atoms with Crippen molar-refractivity contribution in [2.45, 2.75) is 36.8 Å². The lowest BCUT2D eigenvalue weighted by atomic mass is 10.1. The molecule has 1 N–H and O–H groups in total. The summed E-state index contributed by atoms with van der Waals surface area (Å²) in [5.41, 5.74) is 2.63. The van der Waals surface area contributed by atoms with E-state index in [1.165, 1.54) is 11.3 Å². The molecule has 0 unspecified atom stereocenters. The van der Waals surface area contributed by atoms with Crippen LogP contribution in [-0.4, -0.2) is 36.7 Å². The van der Waals surface area contributed by atoms with E-state index >= 15 is 0 Å². The Labute approximate surface area is 184 Å². The molecule has 1 amide bonds. The Bertz CT molecular complexity index is 1130. The SMILES string of the molecule is Cc1nc(-c2ccc(NC(=O)Cc3ccc(S(=O)(=O)N4CCCCC4)s3)cc2)cs1. The van der Waals surface area contributed by atoms with E-state index in [-0.39, 0.29) is 12.3 Å². The average molecular weight is 462 g/mol. The molecule has 1 fully saturated rings. The number of thiazole rings is 1. The number of piperidine rings is 1. The Morgan fingerprint density at radius 1 is 1.10 bits per heavy atom. The first kappa shape index (κ1) is 21.2. The van der Waals surface area contributed by atoms with Crippen LogP contribution in [0.25, 0.3) is 11.3 Å². The number of aromatic nitrogens is 1. The molecule has 9 heteroatoms. The fraction of sp³-hybridized carbons (Fsp3) is 0.333. The van der Waals surface area contributed by atoms with Crippen LogP contribution in [-0.2, 0) is 21.2 Å². The lowest BCUT2D eigenvalue weighted by molar-refractivity contribution is -0.115. The van der Waals surface area contributed by atoms with E-state index in [0.717, 1.165) is 40.4 Å². The van der Waals surface area contributed by atoms with Crippen LogP contribution in [0.15, 0.2) is 46.0 Å². The number of hydrogen-bond donors (Lipinski definition) is 1. The number of nitrogens with zero attached hydrogens (tertiary/aromatic N) is 2. The van der Waals surface area contributed by atoms with Crippen LogP contribution in [0.5, 0.6) is 0 Å². The van der Waals surface area contributed by atoms with Crippen molar-refractivity contribution in [3.63, 3.8) is 0 Å². The smallest absolute Gasteiger partial charge is 0.252 e. The van der Waals surface area contributed by atoms with Gasteiger partial charge in [0.15, 0.2) is 0 Å². The Balaban J connectivity index is 1.37. The van der Waals surface area contributed by atoms with Gasteiger partial charge >= 0.3 is 0 Å².